The van der Waals surface area contributed by atoms with Gasteiger partial charge < -0.3 is 13.7 Å². The average Bonchev–Trinajstić information content (AvgIpc) is 0.940. The summed E-state index contributed by atoms with van der Waals surface area (Å²) in [6.45, 7) is 0. The van der Waals surface area contributed by atoms with Crippen molar-refractivity contribution in [1.82, 2.24) is 13.7 Å². The molecular formula is C120H77N3. The molecule has 3 aromatic heterocycles. The molecule has 0 spiro atoms. The van der Waals surface area contributed by atoms with Gasteiger partial charge in [0.25, 0.3) is 0 Å². The fraction of sp³-hybridized carbons (Fsp3) is 0. The maximum absolute atomic E-state index is 2.41. The van der Waals surface area contributed by atoms with Gasteiger partial charge in [0.05, 0.1) is 33.1 Å². The van der Waals surface area contributed by atoms with Gasteiger partial charge in [-0.15, -0.1) is 0 Å². The molecule has 0 amide bonds. The van der Waals surface area contributed by atoms with Crippen LogP contribution in [0, 0.1) is 0 Å². The van der Waals surface area contributed by atoms with Crippen molar-refractivity contribution < 1.29 is 0 Å². The molecule has 3 nitrogen and oxygen atoms in total. The standard InChI is InChI=1S/2C42H27N.C36H23N/c1-2-10-28(11-3-1)29-18-22-32(23-19-29)43-41-17-9-8-16-38(41)40-27-31(21-25-42(40)43)30-20-24-37-35-14-5-4-12-33(35)34-13-6-7-15-36(34)39(37)26-30;1-2-10-28(11-3-1)29-18-22-32(23-19-29)43-41-17-9-8-16-38(41)39-25-21-31(27-42(39)43)30-20-24-37-35-14-5-4-12-33(35)34-13-6-7-15-36(34)40(37)26-30;1-2-10-26(11-3-1)37-35-17-9-8-16-32(35)33-21-19-25(23-36(33)37)24-18-20-31-29-14-5-4-12-27(29)28-13-6-7-15-30(28)34(31)22-24/h2*1-27H;1-23H. The molecule has 3 heteroatoms. The van der Waals surface area contributed by atoms with Gasteiger partial charge in [-0.05, 0) is 250 Å². The number of rotatable bonds is 8. The third kappa shape index (κ3) is 12.0. The van der Waals surface area contributed by atoms with Crippen LogP contribution in [0.25, 0.3) is 235 Å². The Morgan fingerprint density at radius 1 is 0.0894 bits per heavy atom. The van der Waals surface area contributed by atoms with Crippen molar-refractivity contribution >= 4 is 162 Å². The van der Waals surface area contributed by atoms with Crippen LogP contribution in [0.15, 0.2) is 467 Å². The molecule has 26 rings (SSSR count). The minimum atomic E-state index is 1.17. The first-order valence-electron chi connectivity index (χ1n) is 42.5. The summed E-state index contributed by atoms with van der Waals surface area (Å²) in [5.74, 6) is 0. The highest BCUT2D eigenvalue weighted by Crippen LogP contribution is 2.45. The molecule has 0 saturated heterocycles. The van der Waals surface area contributed by atoms with Crippen LogP contribution in [0.4, 0.5) is 0 Å². The van der Waals surface area contributed by atoms with E-state index in [1.807, 2.05) is 0 Å². The lowest BCUT2D eigenvalue weighted by atomic mass is 9.92. The SMILES string of the molecule is c1ccc(-c2ccc(-n3c4ccccc4c4cc(-c5ccc6c7ccccc7c7ccccc7c6c5)ccc43)cc2)cc1.c1ccc(-c2ccc(-n3c4ccccc4c4ccc(-c5ccc6c7ccccc7c7ccccc7c6c5)cc43)cc2)cc1.c1ccc(-n2c3ccccc3c3ccc(-c4ccc5c6ccccc6c6ccccc6c5c4)cc32)cc1. The molecule has 0 unspecified atom stereocenters. The van der Waals surface area contributed by atoms with Gasteiger partial charge in [0.1, 0.15) is 0 Å². The van der Waals surface area contributed by atoms with Crippen molar-refractivity contribution in [1.29, 1.82) is 0 Å². The van der Waals surface area contributed by atoms with Crippen molar-refractivity contribution in [2.24, 2.45) is 0 Å². The van der Waals surface area contributed by atoms with Crippen LogP contribution >= 0.6 is 0 Å². The highest BCUT2D eigenvalue weighted by molar-refractivity contribution is 6.29. The second kappa shape index (κ2) is 29.4. The van der Waals surface area contributed by atoms with Crippen molar-refractivity contribution in [3.05, 3.63) is 467 Å². The number of hydrogen-bond donors (Lipinski definition) is 0. The van der Waals surface area contributed by atoms with Gasteiger partial charge in [-0.25, -0.2) is 0 Å². The molecule has 23 aromatic carbocycles. The van der Waals surface area contributed by atoms with E-state index >= 15 is 0 Å². The normalized spacial score (nSPS) is 11.7. The van der Waals surface area contributed by atoms with Crippen molar-refractivity contribution in [2.75, 3.05) is 0 Å². The van der Waals surface area contributed by atoms with Gasteiger partial charge >= 0.3 is 0 Å². The van der Waals surface area contributed by atoms with Gasteiger partial charge in [-0.3, -0.25) is 0 Å². The first-order valence-corrected chi connectivity index (χ1v) is 42.5. The summed E-state index contributed by atoms with van der Waals surface area (Å²) >= 11 is 0. The van der Waals surface area contributed by atoms with Crippen LogP contribution in [0.3, 0.4) is 0 Å². The molecule has 0 N–H and O–H groups in total. The smallest absolute Gasteiger partial charge is 0.0547 e. The highest BCUT2D eigenvalue weighted by atomic mass is 15.0. The van der Waals surface area contributed by atoms with E-state index in [1.54, 1.807) is 0 Å². The molecule has 0 bridgehead atoms. The van der Waals surface area contributed by atoms with Gasteiger partial charge in [-0.1, -0.05) is 370 Å². The Bertz CT molecular complexity index is 8600. The number of fused-ring (bicyclic) bond motifs is 27. The molecule has 0 aliphatic rings. The molecule has 0 saturated carbocycles. The highest BCUT2D eigenvalue weighted by Gasteiger charge is 2.21. The molecule has 3 heterocycles. The monoisotopic (exact) mass is 1560 g/mol. The van der Waals surface area contributed by atoms with Crippen LogP contribution in [-0.2, 0) is 0 Å². The van der Waals surface area contributed by atoms with Crippen LogP contribution in [0.5, 0.6) is 0 Å². The zero-order chi connectivity index (χ0) is 81.0. The minimum Gasteiger partial charge on any atom is -0.309 e. The summed E-state index contributed by atoms with van der Waals surface area (Å²) in [5.41, 5.74) is 23.1. The lowest BCUT2D eigenvalue weighted by Crippen LogP contribution is -1.94. The lowest BCUT2D eigenvalue weighted by molar-refractivity contribution is 1.18. The molecule has 0 radical (unpaired) electrons. The largest absolute Gasteiger partial charge is 0.309 e. The second-order valence-corrected chi connectivity index (χ2v) is 32.5. The summed E-state index contributed by atoms with van der Waals surface area (Å²) in [5, 5.41) is 31.1. The van der Waals surface area contributed by atoms with Gasteiger partial charge in [0.15, 0.2) is 0 Å². The summed E-state index contributed by atoms with van der Waals surface area (Å²) < 4.78 is 7.19. The second-order valence-electron chi connectivity index (χ2n) is 32.5. The molecule has 0 aliphatic carbocycles. The topological polar surface area (TPSA) is 14.8 Å². The summed E-state index contributed by atoms with van der Waals surface area (Å²) in [4.78, 5) is 0. The van der Waals surface area contributed by atoms with Crippen LogP contribution in [-0.4, -0.2) is 13.7 Å². The van der Waals surface area contributed by atoms with Crippen LogP contribution in [0.1, 0.15) is 0 Å². The number of nitrogens with zero attached hydrogens (tertiary/aromatic N) is 3. The van der Waals surface area contributed by atoms with E-state index in [0.29, 0.717) is 0 Å². The lowest BCUT2D eigenvalue weighted by Gasteiger charge is -2.13. The number of para-hydroxylation sites is 4. The van der Waals surface area contributed by atoms with E-state index in [1.165, 1.54) is 235 Å². The average molecular weight is 1560 g/mol. The van der Waals surface area contributed by atoms with Crippen molar-refractivity contribution in [3.8, 4) is 72.7 Å². The molecule has 572 valence electrons. The molecular weight excluding hydrogens is 1480 g/mol. The van der Waals surface area contributed by atoms with Gasteiger partial charge in [-0.2, -0.15) is 0 Å². The summed E-state index contributed by atoms with van der Waals surface area (Å²) in [6, 6.07) is 170. The molecule has 0 atom stereocenters. The predicted octanol–water partition coefficient (Wildman–Crippen LogP) is 33.1. The maximum Gasteiger partial charge on any atom is 0.0547 e. The molecule has 0 aliphatic heterocycles. The van der Waals surface area contributed by atoms with Crippen LogP contribution in [0.2, 0.25) is 0 Å². The van der Waals surface area contributed by atoms with E-state index < -0.39 is 0 Å². The maximum atomic E-state index is 2.41. The Labute approximate surface area is 710 Å². The molecule has 0 fully saturated rings. The van der Waals surface area contributed by atoms with E-state index in [9.17, 15) is 0 Å². The zero-order valence-corrected chi connectivity index (χ0v) is 67.3. The Morgan fingerprint density at radius 2 is 0.268 bits per heavy atom. The first kappa shape index (κ1) is 71.0. The van der Waals surface area contributed by atoms with Crippen LogP contribution < -0.4 is 0 Å². The fourth-order valence-corrected chi connectivity index (χ4v) is 20.0. The third-order valence-corrected chi connectivity index (χ3v) is 25.7. The Kier molecular flexibility index (Phi) is 17.0. The third-order valence-electron chi connectivity index (χ3n) is 25.7. The van der Waals surface area contributed by atoms with E-state index in [0.717, 1.165) is 0 Å². The molecule has 26 aromatic rings. The summed E-state index contributed by atoms with van der Waals surface area (Å²) in [6.07, 6.45) is 0. The van der Waals surface area contributed by atoms with Crippen molar-refractivity contribution in [3.63, 3.8) is 0 Å². The zero-order valence-electron chi connectivity index (χ0n) is 67.3. The van der Waals surface area contributed by atoms with E-state index in [-0.39, 0.29) is 0 Å². The van der Waals surface area contributed by atoms with Gasteiger partial charge in [0, 0.05) is 49.4 Å². The number of hydrogen-bond acceptors (Lipinski definition) is 0. The predicted molar refractivity (Wildman–Crippen MR) is 527 cm³/mol. The van der Waals surface area contributed by atoms with Crippen molar-refractivity contribution in [2.45, 2.75) is 0 Å². The minimum absolute atomic E-state index is 1.17. The first-order chi connectivity index (χ1) is 61.0. The number of benzene rings is 23. The summed E-state index contributed by atoms with van der Waals surface area (Å²) in [7, 11) is 0. The Morgan fingerprint density at radius 3 is 0.585 bits per heavy atom. The van der Waals surface area contributed by atoms with E-state index in [4.69, 9.17) is 0 Å². The Hall–Kier alpha value is -16.2. The Balaban J connectivity index is 0.000000104. The molecule has 123 heavy (non-hydrogen) atoms. The quantitative estimate of drug-likeness (QED) is 0.135. The fourth-order valence-electron chi connectivity index (χ4n) is 20.0. The van der Waals surface area contributed by atoms with E-state index in [2.05, 4.69) is 481 Å². The number of aromatic nitrogens is 3. The van der Waals surface area contributed by atoms with Gasteiger partial charge in [0.2, 0.25) is 0 Å².